The lowest BCUT2D eigenvalue weighted by Crippen LogP contribution is -2.14. The van der Waals surface area contributed by atoms with E-state index in [0.717, 1.165) is 16.3 Å². The molecule has 5 heteroatoms. The van der Waals surface area contributed by atoms with Crippen molar-refractivity contribution >= 4 is 10.8 Å². The van der Waals surface area contributed by atoms with Gasteiger partial charge in [0.15, 0.2) is 0 Å². The number of nitrogens with two attached hydrogens (primary N) is 1. The highest BCUT2D eigenvalue weighted by atomic mass is 16.5. The molecule has 3 rings (SSSR count). The number of fused-ring (bicyclic) bond motifs is 1. The second kappa shape index (κ2) is 5.22. The van der Waals surface area contributed by atoms with Crippen molar-refractivity contribution in [2.24, 2.45) is 5.73 Å². The summed E-state index contributed by atoms with van der Waals surface area (Å²) < 4.78 is 5.00. The van der Waals surface area contributed by atoms with Crippen molar-refractivity contribution in [3.05, 3.63) is 60.0 Å². The molecule has 3 aromatic rings. The largest absolute Gasteiger partial charge is 0.480 e. The van der Waals surface area contributed by atoms with Gasteiger partial charge in [0.1, 0.15) is 0 Å². The minimum atomic E-state index is -0.334. The van der Waals surface area contributed by atoms with Gasteiger partial charge in [-0.3, -0.25) is 4.98 Å². The van der Waals surface area contributed by atoms with Crippen LogP contribution in [0.1, 0.15) is 17.3 Å². The van der Waals surface area contributed by atoms with Gasteiger partial charge in [-0.25, -0.2) is 0 Å². The Morgan fingerprint density at radius 3 is 2.75 bits per heavy atom. The van der Waals surface area contributed by atoms with Gasteiger partial charge in [0, 0.05) is 23.8 Å². The van der Waals surface area contributed by atoms with Crippen molar-refractivity contribution in [3.63, 3.8) is 0 Å². The molecule has 0 radical (unpaired) electrons. The van der Waals surface area contributed by atoms with Crippen LogP contribution in [-0.2, 0) is 0 Å². The number of benzene rings is 1. The third kappa shape index (κ3) is 2.19. The molecular formula is C15H14N4O. The molecule has 0 amide bonds. The zero-order valence-electron chi connectivity index (χ0n) is 11.0. The summed E-state index contributed by atoms with van der Waals surface area (Å²) in [7, 11) is 1.56. The van der Waals surface area contributed by atoms with Crippen LogP contribution in [0.3, 0.4) is 0 Å². The van der Waals surface area contributed by atoms with Gasteiger partial charge < -0.3 is 10.5 Å². The fourth-order valence-electron chi connectivity index (χ4n) is 2.18. The van der Waals surface area contributed by atoms with Crippen molar-refractivity contribution in [2.45, 2.75) is 6.04 Å². The maximum atomic E-state index is 6.31. The van der Waals surface area contributed by atoms with Crippen molar-refractivity contribution in [1.82, 2.24) is 15.2 Å². The smallest absolute Gasteiger partial charge is 0.233 e. The molecule has 0 bridgehead atoms. The first kappa shape index (κ1) is 12.5. The van der Waals surface area contributed by atoms with Crippen molar-refractivity contribution in [2.75, 3.05) is 7.11 Å². The Morgan fingerprint density at radius 1 is 1.10 bits per heavy atom. The van der Waals surface area contributed by atoms with E-state index in [1.807, 2.05) is 36.5 Å². The van der Waals surface area contributed by atoms with Gasteiger partial charge in [-0.05, 0) is 23.1 Å². The lowest BCUT2D eigenvalue weighted by atomic mass is 9.98. The Hall–Kier alpha value is -2.53. The molecule has 5 nitrogen and oxygen atoms in total. The average Bonchev–Trinajstić information content (AvgIpc) is 2.54. The molecule has 0 spiro atoms. The van der Waals surface area contributed by atoms with E-state index in [1.54, 1.807) is 19.4 Å². The van der Waals surface area contributed by atoms with E-state index in [-0.39, 0.29) is 6.04 Å². The summed E-state index contributed by atoms with van der Waals surface area (Å²) in [4.78, 5) is 4.12. The number of ether oxygens (including phenoxy) is 1. The average molecular weight is 266 g/mol. The second-order valence-electron chi connectivity index (χ2n) is 4.42. The number of hydrogen-bond acceptors (Lipinski definition) is 5. The van der Waals surface area contributed by atoms with Crippen LogP contribution in [0.2, 0.25) is 0 Å². The molecule has 0 fully saturated rings. The Kier molecular flexibility index (Phi) is 3.26. The molecule has 1 unspecified atom stereocenters. The van der Waals surface area contributed by atoms with Crippen molar-refractivity contribution < 1.29 is 4.74 Å². The molecule has 0 saturated heterocycles. The quantitative estimate of drug-likeness (QED) is 0.785. The molecule has 2 N–H and O–H groups in total. The molecule has 20 heavy (non-hydrogen) atoms. The van der Waals surface area contributed by atoms with E-state index >= 15 is 0 Å². The van der Waals surface area contributed by atoms with E-state index in [4.69, 9.17) is 10.5 Å². The zero-order chi connectivity index (χ0) is 13.9. The highest BCUT2D eigenvalue weighted by Crippen LogP contribution is 2.25. The van der Waals surface area contributed by atoms with Gasteiger partial charge >= 0.3 is 0 Å². The second-order valence-corrected chi connectivity index (χ2v) is 4.42. The first-order valence-corrected chi connectivity index (χ1v) is 6.25. The molecule has 1 aromatic carbocycles. The first-order chi connectivity index (χ1) is 9.79. The lowest BCUT2D eigenvalue weighted by molar-refractivity contribution is 0.390. The maximum Gasteiger partial charge on any atom is 0.233 e. The number of aromatic nitrogens is 3. The van der Waals surface area contributed by atoms with E-state index in [1.165, 1.54) is 0 Å². The summed E-state index contributed by atoms with van der Waals surface area (Å²) in [6, 6.07) is 11.2. The van der Waals surface area contributed by atoms with Gasteiger partial charge in [0.2, 0.25) is 5.88 Å². The fourth-order valence-corrected chi connectivity index (χ4v) is 2.18. The number of nitrogens with zero attached hydrogens (tertiary/aromatic N) is 3. The summed E-state index contributed by atoms with van der Waals surface area (Å²) in [5.41, 5.74) is 8.02. The highest BCUT2D eigenvalue weighted by Gasteiger charge is 2.14. The Balaban J connectivity index is 2.05. The zero-order valence-corrected chi connectivity index (χ0v) is 11.0. The predicted molar refractivity (Wildman–Crippen MR) is 76.4 cm³/mol. The Morgan fingerprint density at radius 2 is 2.00 bits per heavy atom. The predicted octanol–water partition coefficient (Wildman–Crippen LogP) is 2.08. The van der Waals surface area contributed by atoms with Crippen LogP contribution in [0, 0.1) is 0 Å². The van der Waals surface area contributed by atoms with Crippen LogP contribution in [-0.4, -0.2) is 22.3 Å². The molecular weight excluding hydrogens is 252 g/mol. The van der Waals surface area contributed by atoms with Crippen LogP contribution in [0.4, 0.5) is 0 Å². The summed E-state index contributed by atoms with van der Waals surface area (Å²) in [5.74, 6) is 0.475. The summed E-state index contributed by atoms with van der Waals surface area (Å²) in [5, 5.41) is 10.2. The lowest BCUT2D eigenvalue weighted by Gasteiger charge is -2.13. The molecule has 0 aliphatic rings. The van der Waals surface area contributed by atoms with E-state index in [2.05, 4.69) is 15.2 Å². The molecule has 1 atom stereocenters. The summed E-state index contributed by atoms with van der Waals surface area (Å²) in [6.45, 7) is 0. The molecule has 0 aliphatic heterocycles. The number of hydrogen-bond donors (Lipinski definition) is 1. The number of rotatable bonds is 3. The monoisotopic (exact) mass is 266 g/mol. The molecule has 100 valence electrons. The molecule has 2 heterocycles. The normalized spacial score (nSPS) is 12.3. The SMILES string of the molecule is COc1ccc(C(N)c2cccc3cnccc23)nn1. The van der Waals surface area contributed by atoms with Crippen LogP contribution in [0.5, 0.6) is 5.88 Å². The minimum absolute atomic E-state index is 0.334. The number of pyridine rings is 1. The van der Waals surface area contributed by atoms with Crippen LogP contribution < -0.4 is 10.5 Å². The van der Waals surface area contributed by atoms with E-state index in [9.17, 15) is 0 Å². The Labute approximate surface area is 116 Å². The van der Waals surface area contributed by atoms with Gasteiger partial charge in [-0.15, -0.1) is 10.2 Å². The van der Waals surface area contributed by atoms with Crippen molar-refractivity contribution in [3.8, 4) is 5.88 Å². The molecule has 0 saturated carbocycles. The third-order valence-electron chi connectivity index (χ3n) is 3.24. The number of methoxy groups -OCH3 is 1. The standard InChI is InChI=1S/C15H14N4O/c1-20-14-6-5-13(18-19-14)15(16)12-4-2-3-10-9-17-8-7-11(10)12/h2-9,15H,16H2,1H3. The topological polar surface area (TPSA) is 73.9 Å². The van der Waals surface area contributed by atoms with Gasteiger partial charge in [-0.1, -0.05) is 18.2 Å². The summed E-state index contributed by atoms with van der Waals surface area (Å²) >= 11 is 0. The fraction of sp³-hybridized carbons (Fsp3) is 0.133. The molecule has 2 aromatic heterocycles. The Bertz CT molecular complexity index is 722. The van der Waals surface area contributed by atoms with Gasteiger partial charge in [-0.2, -0.15) is 0 Å². The maximum absolute atomic E-state index is 6.31. The van der Waals surface area contributed by atoms with Crippen LogP contribution in [0.25, 0.3) is 10.8 Å². The summed E-state index contributed by atoms with van der Waals surface area (Å²) in [6.07, 6.45) is 3.59. The van der Waals surface area contributed by atoms with E-state index in [0.29, 0.717) is 11.6 Å². The van der Waals surface area contributed by atoms with Gasteiger partial charge in [0.05, 0.1) is 18.8 Å². The van der Waals surface area contributed by atoms with Crippen LogP contribution >= 0.6 is 0 Å². The molecule has 0 aliphatic carbocycles. The van der Waals surface area contributed by atoms with Crippen molar-refractivity contribution in [1.29, 1.82) is 0 Å². The van der Waals surface area contributed by atoms with E-state index < -0.39 is 0 Å². The third-order valence-corrected chi connectivity index (χ3v) is 3.24. The highest BCUT2D eigenvalue weighted by molar-refractivity contribution is 5.85. The van der Waals surface area contributed by atoms with Crippen LogP contribution in [0.15, 0.2) is 48.8 Å². The first-order valence-electron chi connectivity index (χ1n) is 6.25. The van der Waals surface area contributed by atoms with Gasteiger partial charge in [0.25, 0.3) is 0 Å². The minimum Gasteiger partial charge on any atom is -0.480 e.